The van der Waals surface area contributed by atoms with Crippen LogP contribution in [-0.4, -0.2) is 44.5 Å². The number of halogens is 1. The Morgan fingerprint density at radius 1 is 1.17 bits per heavy atom. The molecule has 0 spiro atoms. The number of H-pyrrole nitrogens is 2. The van der Waals surface area contributed by atoms with Gasteiger partial charge in [0.15, 0.2) is 6.04 Å². The Morgan fingerprint density at radius 3 is 2.57 bits per heavy atom. The summed E-state index contributed by atoms with van der Waals surface area (Å²) in [6, 6.07) is 12.8. The molecule has 2 heterocycles. The second-order valence-electron chi connectivity index (χ2n) is 7.80. The maximum Gasteiger partial charge on any atom is 0.335 e. The van der Waals surface area contributed by atoms with Gasteiger partial charge in [-0.25, -0.2) is 14.2 Å². The smallest absolute Gasteiger partial charge is 0.335 e. The highest BCUT2D eigenvalue weighted by molar-refractivity contribution is 6.30. The third-order valence-corrected chi connectivity index (χ3v) is 5.92. The van der Waals surface area contributed by atoms with E-state index in [1.165, 1.54) is 19.2 Å². The molecule has 0 saturated heterocycles. The van der Waals surface area contributed by atoms with Gasteiger partial charge < -0.3 is 14.8 Å². The molecule has 0 fully saturated rings. The molecule has 10 heteroatoms. The first-order valence-corrected chi connectivity index (χ1v) is 11.3. The van der Waals surface area contributed by atoms with E-state index in [4.69, 9.17) is 16.3 Å². The van der Waals surface area contributed by atoms with Crippen LogP contribution in [0.15, 0.2) is 69.3 Å². The summed E-state index contributed by atoms with van der Waals surface area (Å²) in [6.45, 7) is 1.73. The monoisotopic (exact) mass is 494 g/mol. The largest absolute Gasteiger partial charge is 0.493 e. The number of benzene rings is 2. The quantitative estimate of drug-likeness (QED) is 0.268. The molecular weight excluding hydrogens is 472 g/mol. The van der Waals surface area contributed by atoms with Gasteiger partial charge in [0.2, 0.25) is 5.88 Å². The Labute approximate surface area is 204 Å². The van der Waals surface area contributed by atoms with Gasteiger partial charge in [-0.15, -0.1) is 0 Å². The van der Waals surface area contributed by atoms with E-state index in [0.717, 1.165) is 21.0 Å². The lowest BCUT2D eigenvalue weighted by Crippen LogP contribution is -2.34. The standard InChI is InChI=1S/C25H23ClN4O5/c1-3-18(21-22(31)29-25(34)30(23(21)32)16-10-8-15(26)9-11-16)28-20(24(33)35-2)12-14-13-27-19-7-5-4-6-17(14)19/h4-11,13,20,27,32H,3,12H2,1-2H3,(H,29,31,34). The van der Waals surface area contributed by atoms with Crippen molar-refractivity contribution in [3.8, 4) is 11.6 Å². The van der Waals surface area contributed by atoms with Crippen LogP contribution >= 0.6 is 11.6 Å². The number of nitrogens with zero attached hydrogens (tertiary/aromatic N) is 2. The molecule has 180 valence electrons. The van der Waals surface area contributed by atoms with Gasteiger partial charge in [0.25, 0.3) is 5.56 Å². The fourth-order valence-electron chi connectivity index (χ4n) is 3.96. The molecule has 0 bridgehead atoms. The Kier molecular flexibility index (Phi) is 6.88. The third-order valence-electron chi connectivity index (χ3n) is 5.67. The highest BCUT2D eigenvalue weighted by Gasteiger charge is 2.25. The maximum absolute atomic E-state index is 12.8. The van der Waals surface area contributed by atoms with Gasteiger partial charge in [-0.1, -0.05) is 36.7 Å². The molecule has 0 saturated carbocycles. The van der Waals surface area contributed by atoms with E-state index in [1.54, 1.807) is 25.3 Å². The van der Waals surface area contributed by atoms with Crippen LogP contribution in [0.1, 0.15) is 24.5 Å². The van der Waals surface area contributed by atoms with E-state index >= 15 is 0 Å². The number of aromatic hydroxyl groups is 1. The number of hydrogen-bond acceptors (Lipinski definition) is 6. The number of aromatic nitrogens is 3. The highest BCUT2D eigenvalue weighted by atomic mass is 35.5. The number of methoxy groups -OCH3 is 1. The molecule has 0 radical (unpaired) electrons. The molecule has 2 aromatic heterocycles. The zero-order chi connectivity index (χ0) is 25.1. The number of ether oxygens (including phenoxy) is 1. The first-order valence-electron chi connectivity index (χ1n) is 10.9. The van der Waals surface area contributed by atoms with Crippen molar-refractivity contribution in [1.82, 2.24) is 14.5 Å². The minimum atomic E-state index is -0.983. The van der Waals surface area contributed by atoms with E-state index in [0.29, 0.717) is 10.7 Å². The van der Waals surface area contributed by atoms with Crippen LogP contribution in [0.4, 0.5) is 0 Å². The molecule has 0 amide bonds. The molecule has 9 nitrogen and oxygen atoms in total. The summed E-state index contributed by atoms with van der Waals surface area (Å²) in [6.07, 6.45) is 2.21. The normalized spacial score (nSPS) is 12.6. The number of carbonyl (C=O) groups excluding carboxylic acids is 1. The molecule has 4 aromatic rings. The molecule has 4 rings (SSSR count). The Balaban J connectivity index is 1.82. The van der Waals surface area contributed by atoms with Crippen LogP contribution in [0.3, 0.4) is 0 Å². The molecule has 1 unspecified atom stereocenters. The maximum atomic E-state index is 12.8. The topological polar surface area (TPSA) is 130 Å². The lowest BCUT2D eigenvalue weighted by Gasteiger charge is -2.15. The van der Waals surface area contributed by atoms with Gasteiger partial charge in [0.1, 0.15) is 5.56 Å². The number of aliphatic imine (C=N–C) groups is 1. The van der Waals surface area contributed by atoms with Gasteiger partial charge in [-0.2, -0.15) is 0 Å². The van der Waals surface area contributed by atoms with Crippen molar-refractivity contribution in [2.45, 2.75) is 25.8 Å². The predicted octanol–water partition coefficient (Wildman–Crippen LogP) is 3.35. The van der Waals surface area contributed by atoms with E-state index in [9.17, 15) is 19.5 Å². The van der Waals surface area contributed by atoms with Crippen LogP contribution < -0.4 is 11.2 Å². The minimum Gasteiger partial charge on any atom is -0.493 e. The van der Waals surface area contributed by atoms with Crippen molar-refractivity contribution in [2.24, 2.45) is 4.99 Å². The third kappa shape index (κ3) is 4.76. The number of rotatable bonds is 7. The molecule has 0 aliphatic rings. The molecule has 2 aromatic carbocycles. The summed E-state index contributed by atoms with van der Waals surface area (Å²) in [5, 5.41) is 12.4. The SMILES string of the molecule is CCC(=NC(Cc1c[nH]c2ccccc12)C(=O)OC)c1c(O)n(-c2ccc(Cl)cc2)c(=O)[nH]c1=O. The van der Waals surface area contributed by atoms with Crippen LogP contribution in [0.2, 0.25) is 5.02 Å². The molecule has 3 N–H and O–H groups in total. The molecule has 0 aliphatic heterocycles. The number of hydrogen-bond donors (Lipinski definition) is 3. The molecule has 35 heavy (non-hydrogen) atoms. The highest BCUT2D eigenvalue weighted by Crippen LogP contribution is 2.23. The van der Waals surface area contributed by atoms with Crippen LogP contribution in [0.5, 0.6) is 5.88 Å². The van der Waals surface area contributed by atoms with Gasteiger partial charge in [0, 0.05) is 28.5 Å². The van der Waals surface area contributed by atoms with Crippen molar-refractivity contribution < 1.29 is 14.6 Å². The van der Waals surface area contributed by atoms with Gasteiger partial charge in [0.05, 0.1) is 18.5 Å². The van der Waals surface area contributed by atoms with Gasteiger partial charge in [-0.05, 0) is 42.3 Å². The van der Waals surface area contributed by atoms with Crippen molar-refractivity contribution in [2.75, 3.05) is 7.11 Å². The number of carbonyl (C=O) groups is 1. The molecule has 1 atom stereocenters. The lowest BCUT2D eigenvalue weighted by atomic mass is 10.0. The molecule has 0 aliphatic carbocycles. The Morgan fingerprint density at radius 2 is 1.89 bits per heavy atom. The van der Waals surface area contributed by atoms with Crippen molar-refractivity contribution in [3.05, 3.63) is 91.7 Å². The van der Waals surface area contributed by atoms with E-state index in [2.05, 4.69) is 15.0 Å². The average Bonchev–Trinajstić information content (AvgIpc) is 3.26. The lowest BCUT2D eigenvalue weighted by molar-refractivity contribution is -0.142. The van der Waals surface area contributed by atoms with Crippen LogP contribution in [0, 0.1) is 0 Å². The van der Waals surface area contributed by atoms with Crippen molar-refractivity contribution >= 4 is 34.2 Å². The van der Waals surface area contributed by atoms with Crippen molar-refractivity contribution in [3.63, 3.8) is 0 Å². The van der Waals surface area contributed by atoms with Crippen molar-refractivity contribution in [1.29, 1.82) is 0 Å². The number of para-hydroxylation sites is 1. The summed E-state index contributed by atoms with van der Waals surface area (Å²) in [5.41, 5.74) is 0.380. The summed E-state index contributed by atoms with van der Waals surface area (Å²) >= 11 is 5.93. The first-order chi connectivity index (χ1) is 16.8. The molecular formula is C25H23ClN4O5. The summed E-state index contributed by atoms with van der Waals surface area (Å²) < 4.78 is 5.92. The van der Waals surface area contributed by atoms with E-state index in [-0.39, 0.29) is 24.1 Å². The minimum absolute atomic E-state index is 0.154. The first kappa shape index (κ1) is 24.0. The number of nitrogens with one attached hydrogen (secondary N) is 2. The Bertz CT molecular complexity index is 1530. The summed E-state index contributed by atoms with van der Waals surface area (Å²) in [5.74, 6) is -1.18. The second kappa shape index (κ2) is 10.0. The number of fused-ring (bicyclic) bond motifs is 1. The predicted molar refractivity (Wildman–Crippen MR) is 134 cm³/mol. The second-order valence-corrected chi connectivity index (χ2v) is 8.24. The number of aromatic amines is 2. The van der Waals surface area contributed by atoms with E-state index < -0.39 is 29.1 Å². The summed E-state index contributed by atoms with van der Waals surface area (Å²) in [4.78, 5) is 47.8. The van der Waals surface area contributed by atoms with Gasteiger partial charge in [-0.3, -0.25) is 14.8 Å². The average molecular weight is 495 g/mol. The number of esters is 1. The fourth-order valence-corrected chi connectivity index (χ4v) is 4.09. The summed E-state index contributed by atoms with van der Waals surface area (Å²) in [7, 11) is 1.26. The Hall–Kier alpha value is -4.11. The van der Waals surface area contributed by atoms with Crippen LogP contribution in [-0.2, 0) is 16.0 Å². The van der Waals surface area contributed by atoms with Crippen LogP contribution in [0.25, 0.3) is 16.6 Å². The zero-order valence-electron chi connectivity index (χ0n) is 19.0. The zero-order valence-corrected chi connectivity index (χ0v) is 19.8. The van der Waals surface area contributed by atoms with E-state index in [1.807, 2.05) is 24.3 Å². The van der Waals surface area contributed by atoms with Gasteiger partial charge >= 0.3 is 11.7 Å². The fraction of sp³-hybridized carbons (Fsp3) is 0.200.